The molecule has 0 radical (unpaired) electrons. The van der Waals surface area contributed by atoms with Crippen LogP contribution in [0.3, 0.4) is 0 Å². The Hall–Kier alpha value is -1.63. The number of esters is 1. The van der Waals surface area contributed by atoms with E-state index in [1.165, 1.54) is 11.8 Å². The number of nitrogens with zero attached hydrogens (tertiary/aromatic N) is 1. The van der Waals surface area contributed by atoms with Crippen LogP contribution in [0.1, 0.15) is 26.7 Å². The zero-order chi connectivity index (χ0) is 15.1. The van der Waals surface area contributed by atoms with Gasteiger partial charge in [0.15, 0.2) is 0 Å². The molecule has 0 saturated carbocycles. The molecular formula is C13H22N2O5. The van der Waals surface area contributed by atoms with Crippen LogP contribution in [0.4, 0.5) is 0 Å². The van der Waals surface area contributed by atoms with Crippen molar-refractivity contribution in [2.24, 2.45) is 5.92 Å². The Kier molecular flexibility index (Phi) is 6.44. The van der Waals surface area contributed by atoms with E-state index < -0.39 is 17.9 Å². The molecule has 114 valence electrons. The fourth-order valence-corrected chi connectivity index (χ4v) is 2.04. The average molecular weight is 286 g/mol. The van der Waals surface area contributed by atoms with Crippen molar-refractivity contribution in [3.63, 3.8) is 0 Å². The number of aliphatic hydroxyl groups excluding tert-OH is 1. The van der Waals surface area contributed by atoms with Crippen molar-refractivity contribution in [2.75, 3.05) is 26.2 Å². The summed E-state index contributed by atoms with van der Waals surface area (Å²) in [6.45, 7) is 4.40. The third-order valence-electron chi connectivity index (χ3n) is 3.15. The highest BCUT2D eigenvalue weighted by atomic mass is 16.5. The summed E-state index contributed by atoms with van der Waals surface area (Å²) < 4.78 is 4.94. The van der Waals surface area contributed by atoms with E-state index in [-0.39, 0.29) is 18.4 Å². The van der Waals surface area contributed by atoms with Crippen molar-refractivity contribution >= 4 is 17.8 Å². The van der Waals surface area contributed by atoms with E-state index in [4.69, 9.17) is 9.84 Å². The molecule has 1 fully saturated rings. The highest BCUT2D eigenvalue weighted by Gasteiger charge is 2.30. The number of hydrogen-bond donors (Lipinski definition) is 2. The molecule has 1 heterocycles. The molecule has 0 aromatic carbocycles. The first kappa shape index (κ1) is 16.4. The first-order valence-corrected chi connectivity index (χ1v) is 6.87. The summed E-state index contributed by atoms with van der Waals surface area (Å²) in [6.07, 6.45) is 0.323. The Morgan fingerprint density at radius 3 is 2.45 bits per heavy atom. The van der Waals surface area contributed by atoms with Crippen LogP contribution in [0, 0.1) is 5.92 Å². The van der Waals surface area contributed by atoms with Gasteiger partial charge in [0.05, 0.1) is 18.6 Å². The van der Waals surface area contributed by atoms with Gasteiger partial charge in [-0.15, -0.1) is 0 Å². The van der Waals surface area contributed by atoms with Crippen molar-refractivity contribution in [1.29, 1.82) is 0 Å². The molecule has 1 atom stereocenters. The third-order valence-corrected chi connectivity index (χ3v) is 3.15. The van der Waals surface area contributed by atoms with Gasteiger partial charge in [0.1, 0.15) is 0 Å². The van der Waals surface area contributed by atoms with Crippen LogP contribution >= 0.6 is 0 Å². The molecule has 1 saturated heterocycles. The van der Waals surface area contributed by atoms with Gasteiger partial charge in [-0.1, -0.05) is 0 Å². The van der Waals surface area contributed by atoms with Gasteiger partial charge in [-0.25, -0.2) is 0 Å². The van der Waals surface area contributed by atoms with E-state index in [0.29, 0.717) is 32.5 Å². The van der Waals surface area contributed by atoms with Crippen LogP contribution in [0.25, 0.3) is 0 Å². The van der Waals surface area contributed by atoms with Gasteiger partial charge in [0.25, 0.3) is 0 Å². The summed E-state index contributed by atoms with van der Waals surface area (Å²) in [4.78, 5) is 36.4. The third kappa shape index (κ3) is 4.80. The summed E-state index contributed by atoms with van der Waals surface area (Å²) in [6, 6.07) is 0. The number of likely N-dealkylation sites (tertiary alicyclic amines) is 1. The molecule has 2 N–H and O–H groups in total. The Bertz CT molecular complexity index is 362. The second kappa shape index (κ2) is 7.84. The zero-order valence-electron chi connectivity index (χ0n) is 11.9. The van der Waals surface area contributed by atoms with Gasteiger partial charge < -0.3 is 20.1 Å². The standard InChI is InChI=1S/C13H22N2O5/c1-3-20-13(19)10-4-6-15(7-5-10)12(18)11(17)14-8-9(2)16/h9-10,16H,3-8H2,1-2H3,(H,14,17). The first-order valence-electron chi connectivity index (χ1n) is 6.87. The lowest BCUT2D eigenvalue weighted by Gasteiger charge is -2.30. The van der Waals surface area contributed by atoms with Gasteiger partial charge in [-0.3, -0.25) is 14.4 Å². The number of hydrogen-bond acceptors (Lipinski definition) is 5. The second-order valence-electron chi connectivity index (χ2n) is 4.88. The van der Waals surface area contributed by atoms with E-state index in [1.807, 2.05) is 0 Å². The van der Waals surface area contributed by atoms with Crippen molar-refractivity contribution in [3.05, 3.63) is 0 Å². The SMILES string of the molecule is CCOC(=O)C1CCN(C(=O)C(=O)NCC(C)O)CC1. The minimum atomic E-state index is -0.722. The van der Waals surface area contributed by atoms with E-state index in [1.54, 1.807) is 6.92 Å². The molecule has 7 nitrogen and oxygen atoms in total. The van der Waals surface area contributed by atoms with Crippen molar-refractivity contribution in [3.8, 4) is 0 Å². The fraction of sp³-hybridized carbons (Fsp3) is 0.769. The minimum Gasteiger partial charge on any atom is -0.466 e. The summed E-state index contributed by atoms with van der Waals surface area (Å²) in [5, 5.41) is 11.4. The molecule has 2 amide bonds. The Labute approximate surface area is 118 Å². The smallest absolute Gasteiger partial charge is 0.311 e. The number of rotatable bonds is 4. The van der Waals surface area contributed by atoms with Crippen molar-refractivity contribution < 1.29 is 24.2 Å². The second-order valence-corrected chi connectivity index (χ2v) is 4.88. The Balaban J connectivity index is 2.39. The number of amides is 2. The lowest BCUT2D eigenvalue weighted by atomic mass is 9.97. The molecule has 1 rings (SSSR count). The Morgan fingerprint density at radius 1 is 1.35 bits per heavy atom. The van der Waals surface area contributed by atoms with E-state index in [9.17, 15) is 14.4 Å². The van der Waals surface area contributed by atoms with Gasteiger partial charge in [-0.2, -0.15) is 0 Å². The molecule has 7 heteroatoms. The maximum atomic E-state index is 11.8. The normalized spacial score (nSPS) is 17.4. The molecule has 0 aromatic rings. The number of ether oxygens (including phenoxy) is 1. The summed E-state index contributed by atoms with van der Waals surface area (Å²) in [5.74, 6) is -1.77. The zero-order valence-corrected chi connectivity index (χ0v) is 11.9. The quantitative estimate of drug-likeness (QED) is 0.525. The van der Waals surface area contributed by atoms with Crippen LogP contribution in [-0.4, -0.2) is 60.1 Å². The number of carbonyl (C=O) groups is 3. The largest absolute Gasteiger partial charge is 0.466 e. The fourth-order valence-electron chi connectivity index (χ4n) is 2.04. The topological polar surface area (TPSA) is 95.9 Å². The summed E-state index contributed by atoms with van der Waals surface area (Å²) in [5.41, 5.74) is 0. The monoisotopic (exact) mass is 286 g/mol. The van der Waals surface area contributed by atoms with Gasteiger partial charge in [0, 0.05) is 19.6 Å². The van der Waals surface area contributed by atoms with Crippen LogP contribution in [0.5, 0.6) is 0 Å². The summed E-state index contributed by atoms with van der Waals surface area (Å²) in [7, 11) is 0. The van der Waals surface area contributed by atoms with Crippen molar-refractivity contribution in [2.45, 2.75) is 32.8 Å². The molecule has 1 aliphatic heterocycles. The van der Waals surface area contributed by atoms with Crippen LogP contribution in [0.2, 0.25) is 0 Å². The average Bonchev–Trinajstić information content (AvgIpc) is 2.44. The van der Waals surface area contributed by atoms with Gasteiger partial charge in [0.2, 0.25) is 0 Å². The highest BCUT2D eigenvalue weighted by Crippen LogP contribution is 2.18. The molecule has 0 aromatic heterocycles. The molecule has 0 aliphatic carbocycles. The predicted molar refractivity (Wildman–Crippen MR) is 70.6 cm³/mol. The van der Waals surface area contributed by atoms with E-state index in [2.05, 4.69) is 5.32 Å². The number of carbonyl (C=O) groups excluding carboxylic acids is 3. The molecule has 1 aliphatic rings. The van der Waals surface area contributed by atoms with Crippen LogP contribution in [0.15, 0.2) is 0 Å². The van der Waals surface area contributed by atoms with Crippen LogP contribution < -0.4 is 5.32 Å². The van der Waals surface area contributed by atoms with Crippen molar-refractivity contribution in [1.82, 2.24) is 10.2 Å². The number of nitrogens with one attached hydrogen (secondary N) is 1. The van der Waals surface area contributed by atoms with Gasteiger partial charge >= 0.3 is 17.8 Å². The molecule has 20 heavy (non-hydrogen) atoms. The van der Waals surface area contributed by atoms with Gasteiger partial charge in [-0.05, 0) is 26.7 Å². The maximum Gasteiger partial charge on any atom is 0.311 e. The molecule has 1 unspecified atom stereocenters. The highest BCUT2D eigenvalue weighted by molar-refractivity contribution is 6.35. The number of aliphatic hydroxyl groups is 1. The first-order chi connectivity index (χ1) is 9.45. The van der Waals surface area contributed by atoms with Crippen LogP contribution in [-0.2, 0) is 19.1 Å². The minimum absolute atomic E-state index is 0.0455. The summed E-state index contributed by atoms with van der Waals surface area (Å²) >= 11 is 0. The van der Waals surface area contributed by atoms with E-state index in [0.717, 1.165) is 0 Å². The lowest BCUT2D eigenvalue weighted by Crippen LogP contribution is -2.48. The molecule has 0 spiro atoms. The molecule has 0 bridgehead atoms. The number of piperidine rings is 1. The predicted octanol–water partition coefficient (Wildman–Crippen LogP) is -0.715. The lowest BCUT2D eigenvalue weighted by molar-refractivity contribution is -0.152. The molecular weight excluding hydrogens is 264 g/mol. The van der Waals surface area contributed by atoms with E-state index >= 15 is 0 Å². The Morgan fingerprint density at radius 2 is 1.95 bits per heavy atom. The maximum absolute atomic E-state index is 11.8.